The zero-order chi connectivity index (χ0) is 14.7. The van der Waals surface area contributed by atoms with Gasteiger partial charge in [-0.05, 0) is 53.5 Å². The maximum absolute atomic E-state index is 10.5. The van der Waals surface area contributed by atoms with Crippen LogP contribution >= 0.6 is 27.5 Å². The molecule has 1 unspecified atom stereocenters. The first-order valence-corrected chi connectivity index (χ1v) is 7.54. The van der Waals surface area contributed by atoms with Gasteiger partial charge in [0.15, 0.2) is 0 Å². The number of ether oxygens (including phenoxy) is 1. The topological polar surface area (TPSA) is 29.5 Å². The molecule has 2 aromatic rings. The Balaban J connectivity index is 2.37. The molecule has 2 nitrogen and oxygen atoms in total. The van der Waals surface area contributed by atoms with E-state index in [9.17, 15) is 5.11 Å². The van der Waals surface area contributed by atoms with E-state index in [1.54, 1.807) is 6.07 Å². The standard InChI is InChI=1S/C16H16BrClO2/c1-10(2)20-15-6-4-3-5-12(15)16(19)11-7-8-13(17)14(18)9-11/h3-10,16,19H,1-2H3. The summed E-state index contributed by atoms with van der Waals surface area (Å²) in [5.41, 5.74) is 1.47. The molecule has 2 aromatic carbocycles. The van der Waals surface area contributed by atoms with Gasteiger partial charge in [-0.2, -0.15) is 0 Å². The summed E-state index contributed by atoms with van der Waals surface area (Å²) in [6, 6.07) is 12.9. The Kier molecular flexibility index (Phi) is 5.08. The van der Waals surface area contributed by atoms with Gasteiger partial charge in [-0.15, -0.1) is 0 Å². The molecule has 0 saturated heterocycles. The van der Waals surface area contributed by atoms with Crippen LogP contribution in [0.5, 0.6) is 5.75 Å². The number of halogens is 2. The van der Waals surface area contributed by atoms with E-state index in [0.717, 1.165) is 15.6 Å². The van der Waals surface area contributed by atoms with Crippen molar-refractivity contribution in [2.24, 2.45) is 0 Å². The average Bonchev–Trinajstić information content (AvgIpc) is 2.41. The fourth-order valence-corrected chi connectivity index (χ4v) is 2.37. The van der Waals surface area contributed by atoms with Crippen LogP contribution in [-0.4, -0.2) is 11.2 Å². The molecule has 0 aliphatic carbocycles. The monoisotopic (exact) mass is 354 g/mol. The van der Waals surface area contributed by atoms with Crippen LogP contribution in [0.4, 0.5) is 0 Å². The lowest BCUT2D eigenvalue weighted by Crippen LogP contribution is -2.09. The van der Waals surface area contributed by atoms with Gasteiger partial charge >= 0.3 is 0 Å². The molecule has 0 aliphatic heterocycles. The zero-order valence-electron chi connectivity index (χ0n) is 11.3. The van der Waals surface area contributed by atoms with Crippen LogP contribution in [0, 0.1) is 0 Å². The third-order valence-corrected chi connectivity index (χ3v) is 4.07. The molecular formula is C16H16BrClO2. The summed E-state index contributed by atoms with van der Waals surface area (Å²) in [7, 11) is 0. The lowest BCUT2D eigenvalue weighted by Gasteiger charge is -2.18. The predicted octanol–water partition coefficient (Wildman–Crippen LogP) is 4.97. The van der Waals surface area contributed by atoms with Crippen LogP contribution < -0.4 is 4.74 Å². The molecule has 0 aromatic heterocycles. The van der Waals surface area contributed by atoms with Crippen molar-refractivity contribution < 1.29 is 9.84 Å². The van der Waals surface area contributed by atoms with Crippen LogP contribution in [0.15, 0.2) is 46.9 Å². The van der Waals surface area contributed by atoms with Crippen molar-refractivity contribution in [3.8, 4) is 5.75 Å². The fourth-order valence-electron chi connectivity index (χ4n) is 1.93. The van der Waals surface area contributed by atoms with E-state index >= 15 is 0 Å². The smallest absolute Gasteiger partial charge is 0.125 e. The van der Waals surface area contributed by atoms with Gasteiger partial charge in [-0.1, -0.05) is 35.9 Å². The predicted molar refractivity (Wildman–Crippen MR) is 85.4 cm³/mol. The molecule has 4 heteroatoms. The minimum Gasteiger partial charge on any atom is -0.491 e. The quantitative estimate of drug-likeness (QED) is 0.839. The molecule has 1 atom stereocenters. The van der Waals surface area contributed by atoms with Gasteiger partial charge in [0.1, 0.15) is 11.9 Å². The SMILES string of the molecule is CC(C)Oc1ccccc1C(O)c1ccc(Br)c(Cl)c1. The third-order valence-electron chi connectivity index (χ3n) is 2.84. The van der Waals surface area contributed by atoms with E-state index in [2.05, 4.69) is 15.9 Å². The first kappa shape index (κ1) is 15.4. The van der Waals surface area contributed by atoms with E-state index in [1.807, 2.05) is 50.2 Å². The van der Waals surface area contributed by atoms with Crippen LogP contribution in [0.25, 0.3) is 0 Å². The molecule has 106 valence electrons. The zero-order valence-corrected chi connectivity index (χ0v) is 13.6. The lowest BCUT2D eigenvalue weighted by atomic mass is 10.0. The van der Waals surface area contributed by atoms with E-state index < -0.39 is 6.10 Å². The lowest BCUT2D eigenvalue weighted by molar-refractivity contribution is 0.198. The molecule has 0 bridgehead atoms. The highest BCUT2D eigenvalue weighted by molar-refractivity contribution is 9.10. The number of aliphatic hydroxyl groups excluding tert-OH is 1. The van der Waals surface area contributed by atoms with Crippen molar-refractivity contribution in [2.45, 2.75) is 26.1 Å². The summed E-state index contributed by atoms with van der Waals surface area (Å²) in [5, 5.41) is 11.1. The largest absolute Gasteiger partial charge is 0.491 e. The Bertz CT molecular complexity index is 599. The van der Waals surface area contributed by atoms with Crippen LogP contribution in [0.3, 0.4) is 0 Å². The first-order chi connectivity index (χ1) is 9.49. The number of aliphatic hydroxyl groups is 1. The van der Waals surface area contributed by atoms with Crippen molar-refractivity contribution >= 4 is 27.5 Å². The van der Waals surface area contributed by atoms with Gasteiger partial charge in [0.05, 0.1) is 11.1 Å². The Morgan fingerprint density at radius 1 is 1.15 bits per heavy atom. The normalized spacial score (nSPS) is 12.5. The van der Waals surface area contributed by atoms with Crippen molar-refractivity contribution in [2.75, 3.05) is 0 Å². The minimum absolute atomic E-state index is 0.0526. The summed E-state index contributed by atoms with van der Waals surface area (Å²) in [5.74, 6) is 0.689. The van der Waals surface area contributed by atoms with Crippen LogP contribution in [0.2, 0.25) is 5.02 Å². The maximum Gasteiger partial charge on any atom is 0.125 e. The second kappa shape index (κ2) is 6.61. The summed E-state index contributed by atoms with van der Waals surface area (Å²) >= 11 is 9.42. The second-order valence-corrected chi connectivity index (χ2v) is 6.04. The van der Waals surface area contributed by atoms with Crippen LogP contribution in [0.1, 0.15) is 31.1 Å². The Hall–Kier alpha value is -1.03. The summed E-state index contributed by atoms with van der Waals surface area (Å²) in [4.78, 5) is 0. The molecule has 20 heavy (non-hydrogen) atoms. The maximum atomic E-state index is 10.5. The number of para-hydroxylation sites is 1. The first-order valence-electron chi connectivity index (χ1n) is 6.37. The molecule has 0 amide bonds. The van der Waals surface area contributed by atoms with Gasteiger partial charge in [0.2, 0.25) is 0 Å². The summed E-state index contributed by atoms with van der Waals surface area (Å²) < 4.78 is 6.55. The Morgan fingerprint density at radius 2 is 1.85 bits per heavy atom. The molecule has 0 fully saturated rings. The van der Waals surface area contributed by atoms with Crippen molar-refractivity contribution in [1.29, 1.82) is 0 Å². The highest BCUT2D eigenvalue weighted by Crippen LogP contribution is 2.33. The molecule has 0 aliphatic rings. The average molecular weight is 356 g/mol. The van der Waals surface area contributed by atoms with Crippen LogP contribution in [-0.2, 0) is 0 Å². The van der Waals surface area contributed by atoms with E-state index in [1.165, 1.54) is 0 Å². The second-order valence-electron chi connectivity index (χ2n) is 4.78. The number of hydrogen-bond acceptors (Lipinski definition) is 2. The molecule has 0 spiro atoms. The highest BCUT2D eigenvalue weighted by atomic mass is 79.9. The third kappa shape index (κ3) is 3.54. The van der Waals surface area contributed by atoms with Gasteiger partial charge in [0.25, 0.3) is 0 Å². The summed E-state index contributed by atoms with van der Waals surface area (Å²) in [6.45, 7) is 3.92. The van der Waals surface area contributed by atoms with Crippen molar-refractivity contribution in [1.82, 2.24) is 0 Å². The van der Waals surface area contributed by atoms with Gasteiger partial charge < -0.3 is 9.84 Å². The molecular weight excluding hydrogens is 340 g/mol. The van der Waals surface area contributed by atoms with E-state index in [0.29, 0.717) is 10.8 Å². The number of benzene rings is 2. The number of hydrogen-bond donors (Lipinski definition) is 1. The number of rotatable bonds is 4. The Labute approximate surface area is 132 Å². The van der Waals surface area contributed by atoms with E-state index in [4.69, 9.17) is 16.3 Å². The van der Waals surface area contributed by atoms with Gasteiger partial charge in [0, 0.05) is 10.0 Å². The van der Waals surface area contributed by atoms with Crippen molar-refractivity contribution in [3.05, 3.63) is 63.1 Å². The molecule has 0 saturated carbocycles. The molecule has 2 rings (SSSR count). The minimum atomic E-state index is -0.768. The van der Waals surface area contributed by atoms with Gasteiger partial charge in [-0.3, -0.25) is 0 Å². The molecule has 0 heterocycles. The summed E-state index contributed by atoms with van der Waals surface area (Å²) in [6.07, 6.45) is -0.715. The Morgan fingerprint density at radius 3 is 2.50 bits per heavy atom. The molecule has 0 radical (unpaired) electrons. The van der Waals surface area contributed by atoms with Gasteiger partial charge in [-0.25, -0.2) is 0 Å². The van der Waals surface area contributed by atoms with E-state index in [-0.39, 0.29) is 6.10 Å². The van der Waals surface area contributed by atoms with Crippen molar-refractivity contribution in [3.63, 3.8) is 0 Å². The fraction of sp³-hybridized carbons (Fsp3) is 0.250. The highest BCUT2D eigenvalue weighted by Gasteiger charge is 2.16. The molecule has 1 N–H and O–H groups in total.